The van der Waals surface area contributed by atoms with Gasteiger partial charge in [-0.1, -0.05) is 0 Å². The molecule has 1 N–H and O–H groups in total. The summed E-state index contributed by atoms with van der Waals surface area (Å²) < 4.78 is 0. The Balaban J connectivity index is 2.26. The van der Waals surface area contributed by atoms with E-state index in [1.807, 2.05) is 0 Å². The van der Waals surface area contributed by atoms with Crippen LogP contribution < -0.4 is 5.43 Å². The first-order valence-electron chi connectivity index (χ1n) is 6.21. The van der Waals surface area contributed by atoms with Crippen LogP contribution in [0.5, 0.6) is 0 Å². The van der Waals surface area contributed by atoms with Crippen LogP contribution >= 0.6 is 0 Å². The first-order valence-corrected chi connectivity index (χ1v) is 6.21. The fourth-order valence-corrected chi connectivity index (χ4v) is 2.30. The summed E-state index contributed by atoms with van der Waals surface area (Å²) in [6, 6.07) is 0.855. The molecule has 2 amide bonds. The number of aromatic amines is 1. The monoisotopic (exact) mass is 263 g/mol. The van der Waals surface area contributed by atoms with E-state index in [1.54, 1.807) is 14.1 Å². The number of carbonyl (C=O) groups excluding carboxylic acids is 2. The third-order valence-electron chi connectivity index (χ3n) is 3.29. The van der Waals surface area contributed by atoms with Gasteiger partial charge in [-0.05, 0) is 12.8 Å². The van der Waals surface area contributed by atoms with Crippen LogP contribution in [0.15, 0.2) is 23.3 Å². The second-order valence-electron chi connectivity index (χ2n) is 4.81. The number of hydrogen-bond acceptors (Lipinski definition) is 3. The van der Waals surface area contributed by atoms with E-state index >= 15 is 0 Å². The van der Waals surface area contributed by atoms with Gasteiger partial charge in [0.05, 0.1) is 0 Å². The van der Waals surface area contributed by atoms with Gasteiger partial charge in [0.2, 0.25) is 5.91 Å². The Kier molecular flexibility index (Phi) is 3.69. The Bertz CT molecular complexity index is 550. The average molecular weight is 263 g/mol. The minimum absolute atomic E-state index is 0.0842. The summed E-state index contributed by atoms with van der Waals surface area (Å²) in [6.45, 7) is 0.511. The number of H-pyrrole nitrogens is 1. The van der Waals surface area contributed by atoms with Crippen LogP contribution in [0.3, 0.4) is 0 Å². The largest absolute Gasteiger partial charge is 0.367 e. The number of likely N-dealkylation sites (tertiary alicyclic amines) is 1. The molecule has 1 aliphatic heterocycles. The highest BCUT2D eigenvalue weighted by molar-refractivity contribution is 5.97. The summed E-state index contributed by atoms with van der Waals surface area (Å²) in [4.78, 5) is 41.7. The molecule has 1 fully saturated rings. The lowest BCUT2D eigenvalue weighted by atomic mass is 10.1. The average Bonchev–Trinajstić information content (AvgIpc) is 2.86. The number of aromatic nitrogens is 1. The molecule has 1 aromatic heterocycles. The molecule has 19 heavy (non-hydrogen) atoms. The summed E-state index contributed by atoms with van der Waals surface area (Å²) in [5.74, 6) is -0.474. The zero-order valence-corrected chi connectivity index (χ0v) is 11.0. The van der Waals surface area contributed by atoms with E-state index in [4.69, 9.17) is 0 Å². The van der Waals surface area contributed by atoms with Crippen molar-refractivity contribution in [3.05, 3.63) is 34.2 Å². The van der Waals surface area contributed by atoms with Crippen LogP contribution in [0.1, 0.15) is 23.2 Å². The van der Waals surface area contributed by atoms with Gasteiger partial charge in [-0.3, -0.25) is 14.4 Å². The summed E-state index contributed by atoms with van der Waals surface area (Å²) in [5.41, 5.74) is -0.243. The number of pyridine rings is 1. The highest BCUT2D eigenvalue weighted by Gasteiger charge is 2.35. The fraction of sp³-hybridized carbons (Fsp3) is 0.462. The maximum atomic E-state index is 12.3. The van der Waals surface area contributed by atoms with Gasteiger partial charge in [0, 0.05) is 39.1 Å². The summed E-state index contributed by atoms with van der Waals surface area (Å²) >= 11 is 0. The molecule has 0 aliphatic carbocycles. The normalized spacial score (nSPS) is 18.4. The number of nitrogens with one attached hydrogen (secondary N) is 1. The molecule has 1 atom stereocenters. The van der Waals surface area contributed by atoms with Crippen molar-refractivity contribution in [2.24, 2.45) is 0 Å². The van der Waals surface area contributed by atoms with Crippen LogP contribution in [0, 0.1) is 0 Å². The lowest BCUT2D eigenvalue weighted by Crippen LogP contribution is -2.46. The smallest absolute Gasteiger partial charge is 0.259 e. The molecule has 2 rings (SSSR count). The van der Waals surface area contributed by atoms with Crippen molar-refractivity contribution in [1.82, 2.24) is 14.8 Å². The van der Waals surface area contributed by atoms with Crippen molar-refractivity contribution in [2.45, 2.75) is 18.9 Å². The van der Waals surface area contributed by atoms with Gasteiger partial charge in [0.1, 0.15) is 11.6 Å². The second kappa shape index (κ2) is 5.26. The second-order valence-corrected chi connectivity index (χ2v) is 4.81. The summed E-state index contributed by atoms with van der Waals surface area (Å²) in [5, 5.41) is 0. The molecule has 0 spiro atoms. The van der Waals surface area contributed by atoms with Gasteiger partial charge < -0.3 is 14.8 Å². The van der Waals surface area contributed by atoms with Crippen LogP contribution in [0.2, 0.25) is 0 Å². The molecule has 1 aliphatic rings. The van der Waals surface area contributed by atoms with Crippen LogP contribution in [0.4, 0.5) is 0 Å². The van der Waals surface area contributed by atoms with E-state index in [-0.39, 0.29) is 22.8 Å². The zero-order chi connectivity index (χ0) is 14.0. The molecule has 6 heteroatoms. The third kappa shape index (κ3) is 2.52. The first kappa shape index (κ1) is 13.3. The lowest BCUT2D eigenvalue weighted by Gasteiger charge is -2.26. The van der Waals surface area contributed by atoms with E-state index < -0.39 is 6.04 Å². The Morgan fingerprint density at radius 3 is 2.79 bits per heavy atom. The van der Waals surface area contributed by atoms with E-state index in [0.29, 0.717) is 13.0 Å². The van der Waals surface area contributed by atoms with Gasteiger partial charge in [-0.2, -0.15) is 0 Å². The highest BCUT2D eigenvalue weighted by Crippen LogP contribution is 2.20. The van der Waals surface area contributed by atoms with Gasteiger partial charge in [-0.15, -0.1) is 0 Å². The lowest BCUT2D eigenvalue weighted by molar-refractivity contribution is -0.132. The van der Waals surface area contributed by atoms with Crippen molar-refractivity contribution in [1.29, 1.82) is 0 Å². The molecule has 0 radical (unpaired) electrons. The third-order valence-corrected chi connectivity index (χ3v) is 3.29. The molecule has 0 saturated carbocycles. The van der Waals surface area contributed by atoms with E-state index in [2.05, 4.69) is 4.98 Å². The maximum Gasteiger partial charge on any atom is 0.259 e. The SMILES string of the molecule is CN(C)C(=O)C1CCCN1C(=O)c1c[nH]ccc1=O. The quantitative estimate of drug-likeness (QED) is 0.820. The first-order chi connectivity index (χ1) is 9.02. The molecule has 6 nitrogen and oxygen atoms in total. The van der Waals surface area contributed by atoms with Crippen molar-refractivity contribution < 1.29 is 9.59 Å². The van der Waals surface area contributed by atoms with Gasteiger partial charge in [0.25, 0.3) is 5.91 Å². The van der Waals surface area contributed by atoms with E-state index in [0.717, 1.165) is 6.42 Å². The Morgan fingerprint density at radius 2 is 2.16 bits per heavy atom. The Morgan fingerprint density at radius 1 is 1.42 bits per heavy atom. The predicted octanol–water partition coefficient (Wildman–Crippen LogP) is 0.0677. The number of rotatable bonds is 2. The Labute approximate surface area is 111 Å². The maximum absolute atomic E-state index is 12.3. The van der Waals surface area contributed by atoms with Gasteiger partial charge in [-0.25, -0.2) is 0 Å². The standard InChI is InChI=1S/C13H17N3O3/c1-15(2)13(19)10-4-3-7-16(10)12(18)9-8-14-6-5-11(9)17/h5-6,8,10H,3-4,7H2,1-2H3,(H,14,17). The molecule has 1 saturated heterocycles. The van der Waals surface area contributed by atoms with Crippen molar-refractivity contribution >= 4 is 11.8 Å². The number of carbonyl (C=O) groups is 2. The summed E-state index contributed by atoms with van der Waals surface area (Å²) in [7, 11) is 3.33. The van der Waals surface area contributed by atoms with Gasteiger partial charge in [0.15, 0.2) is 5.43 Å². The molecular formula is C13H17N3O3. The molecular weight excluding hydrogens is 246 g/mol. The van der Waals surface area contributed by atoms with Crippen LogP contribution in [-0.2, 0) is 4.79 Å². The van der Waals surface area contributed by atoms with Crippen molar-refractivity contribution in [3.8, 4) is 0 Å². The molecule has 0 bridgehead atoms. The number of nitrogens with zero attached hydrogens (tertiary/aromatic N) is 2. The molecule has 102 valence electrons. The molecule has 1 aromatic rings. The summed E-state index contributed by atoms with van der Waals surface area (Å²) in [6.07, 6.45) is 4.29. The number of likely N-dealkylation sites (N-methyl/N-ethyl adjacent to an activating group) is 1. The topological polar surface area (TPSA) is 73.5 Å². The molecule has 0 aromatic carbocycles. The van der Waals surface area contributed by atoms with E-state index in [9.17, 15) is 14.4 Å². The molecule has 2 heterocycles. The predicted molar refractivity (Wildman–Crippen MR) is 69.8 cm³/mol. The highest BCUT2D eigenvalue weighted by atomic mass is 16.2. The minimum Gasteiger partial charge on any atom is -0.367 e. The van der Waals surface area contributed by atoms with Crippen LogP contribution in [0.25, 0.3) is 0 Å². The Hall–Kier alpha value is -2.11. The van der Waals surface area contributed by atoms with Crippen molar-refractivity contribution in [3.63, 3.8) is 0 Å². The van der Waals surface area contributed by atoms with Crippen molar-refractivity contribution in [2.75, 3.05) is 20.6 Å². The zero-order valence-electron chi connectivity index (χ0n) is 11.0. The number of amides is 2. The van der Waals surface area contributed by atoms with Crippen LogP contribution in [-0.4, -0.2) is 53.3 Å². The van der Waals surface area contributed by atoms with E-state index in [1.165, 1.54) is 28.3 Å². The minimum atomic E-state index is -0.456. The fourth-order valence-electron chi connectivity index (χ4n) is 2.30. The molecule has 1 unspecified atom stereocenters. The number of hydrogen-bond donors (Lipinski definition) is 1. The van der Waals surface area contributed by atoms with Gasteiger partial charge >= 0.3 is 0 Å².